The molecule has 0 amide bonds. The van der Waals surface area contributed by atoms with Crippen molar-refractivity contribution in [1.82, 2.24) is 4.24 Å². The Kier molecular flexibility index (Phi) is 2.64. The number of hydrogen-bond acceptors (Lipinski definition) is 3. The normalized spacial score (nSPS) is 10.1. The molecule has 0 unspecified atom stereocenters. The molecule has 1 N–H and O–H groups in total. The standard InChI is InChI=1S/CHClN2O3S/c2-4-8(6,7)3-1-5/h4H. The molecule has 7 heteroatoms. The first-order chi connectivity index (χ1) is 3.62. The summed E-state index contributed by atoms with van der Waals surface area (Å²) in [6.45, 7) is 0. The minimum atomic E-state index is -3.95. The zero-order valence-corrected chi connectivity index (χ0v) is 5.03. The summed E-state index contributed by atoms with van der Waals surface area (Å²) in [5.41, 5.74) is 0. The highest BCUT2D eigenvalue weighted by atomic mass is 35.5. The molecule has 0 atom stereocenters. The van der Waals surface area contributed by atoms with Crippen molar-refractivity contribution in [2.24, 2.45) is 4.40 Å². The summed E-state index contributed by atoms with van der Waals surface area (Å²) in [4.78, 5) is 9.21. The Morgan fingerprint density at radius 2 is 2.12 bits per heavy atom. The van der Waals surface area contributed by atoms with Crippen molar-refractivity contribution in [3.05, 3.63) is 0 Å². The first kappa shape index (κ1) is 7.58. The minimum Gasteiger partial charge on any atom is -0.210 e. The van der Waals surface area contributed by atoms with Gasteiger partial charge in [-0.2, -0.15) is 8.42 Å². The summed E-state index contributed by atoms with van der Waals surface area (Å²) < 4.78 is 23.4. The molecule has 8 heavy (non-hydrogen) atoms. The molecule has 0 fully saturated rings. The van der Waals surface area contributed by atoms with Crippen molar-refractivity contribution in [3.8, 4) is 0 Å². The Bertz CT molecular complexity index is 201. The van der Waals surface area contributed by atoms with Gasteiger partial charge in [0.25, 0.3) is 6.08 Å². The van der Waals surface area contributed by atoms with Crippen LogP contribution in [0.2, 0.25) is 0 Å². The molecule has 0 aromatic carbocycles. The second-order valence-corrected chi connectivity index (χ2v) is 2.48. The van der Waals surface area contributed by atoms with Crippen LogP contribution in [-0.2, 0) is 15.0 Å². The minimum absolute atomic E-state index is 0.799. The van der Waals surface area contributed by atoms with E-state index in [-0.39, 0.29) is 0 Å². The third-order valence-electron chi connectivity index (χ3n) is 0.255. The second-order valence-electron chi connectivity index (χ2n) is 0.735. The molecule has 0 radical (unpaired) electrons. The number of hydrogen-bond donors (Lipinski definition) is 1. The maximum atomic E-state index is 9.93. The highest BCUT2D eigenvalue weighted by Crippen LogP contribution is 1.82. The monoisotopic (exact) mass is 156 g/mol. The molecular weight excluding hydrogens is 156 g/mol. The van der Waals surface area contributed by atoms with Gasteiger partial charge in [-0.25, -0.2) is 4.79 Å². The van der Waals surface area contributed by atoms with Gasteiger partial charge in [0, 0.05) is 0 Å². The smallest absolute Gasteiger partial charge is 0.210 e. The quantitative estimate of drug-likeness (QED) is 0.327. The van der Waals surface area contributed by atoms with Crippen molar-refractivity contribution in [3.63, 3.8) is 0 Å². The van der Waals surface area contributed by atoms with Crippen LogP contribution in [0.1, 0.15) is 0 Å². The molecule has 0 aliphatic carbocycles. The number of nitrogens with zero attached hydrogens (tertiary/aromatic N) is 1. The first-order valence-corrected chi connectivity index (χ1v) is 3.15. The van der Waals surface area contributed by atoms with Crippen LogP contribution in [-0.4, -0.2) is 14.5 Å². The third-order valence-corrected chi connectivity index (χ3v) is 1.35. The molecule has 46 valence electrons. The molecule has 0 saturated carbocycles. The number of halogens is 1. The fourth-order valence-electron chi connectivity index (χ4n) is 0.0663. The van der Waals surface area contributed by atoms with Crippen LogP contribution in [0.15, 0.2) is 4.40 Å². The fraction of sp³-hybridized carbons (Fsp3) is 0. The van der Waals surface area contributed by atoms with Crippen LogP contribution in [0.4, 0.5) is 0 Å². The van der Waals surface area contributed by atoms with E-state index in [0.717, 1.165) is 6.08 Å². The van der Waals surface area contributed by atoms with Crippen molar-refractivity contribution in [2.75, 3.05) is 0 Å². The summed E-state index contributed by atoms with van der Waals surface area (Å²) in [6, 6.07) is 0. The first-order valence-electron chi connectivity index (χ1n) is 1.34. The summed E-state index contributed by atoms with van der Waals surface area (Å²) in [5, 5.41) is 0. The van der Waals surface area contributed by atoms with E-state index in [1.165, 1.54) is 4.24 Å². The molecule has 0 heterocycles. The number of rotatable bonds is 2. The number of nitrogens with one attached hydrogen (secondary N) is 1. The number of carbonyl (C=O) groups excluding carboxylic acids is 1. The van der Waals surface area contributed by atoms with Crippen LogP contribution in [0.3, 0.4) is 0 Å². The van der Waals surface area contributed by atoms with Gasteiger partial charge in [0.15, 0.2) is 0 Å². The number of isocyanates is 1. The summed E-state index contributed by atoms with van der Waals surface area (Å²) in [6.07, 6.45) is 0.799. The topological polar surface area (TPSA) is 75.6 Å². The van der Waals surface area contributed by atoms with E-state index in [1.54, 1.807) is 0 Å². The van der Waals surface area contributed by atoms with E-state index >= 15 is 0 Å². The summed E-state index contributed by atoms with van der Waals surface area (Å²) >= 11 is 4.56. The third kappa shape index (κ3) is 2.70. The average Bonchev–Trinajstić information content (AvgIpc) is 1.67. The highest BCUT2D eigenvalue weighted by molar-refractivity contribution is 7.89. The van der Waals surface area contributed by atoms with Crippen molar-refractivity contribution >= 4 is 28.1 Å². The molecule has 0 saturated heterocycles. The lowest BCUT2D eigenvalue weighted by molar-refractivity contribution is 0.563. The molecule has 0 aromatic rings. The van der Waals surface area contributed by atoms with Crippen molar-refractivity contribution in [1.29, 1.82) is 0 Å². The van der Waals surface area contributed by atoms with Crippen LogP contribution in [0.25, 0.3) is 0 Å². The van der Waals surface area contributed by atoms with Gasteiger partial charge in [-0.3, -0.25) is 0 Å². The van der Waals surface area contributed by atoms with Crippen LogP contribution in [0, 0.1) is 0 Å². The van der Waals surface area contributed by atoms with Gasteiger partial charge in [0.05, 0.1) is 0 Å². The Morgan fingerprint density at radius 1 is 1.62 bits per heavy atom. The Morgan fingerprint density at radius 3 is 2.25 bits per heavy atom. The molecule has 0 aromatic heterocycles. The summed E-state index contributed by atoms with van der Waals surface area (Å²) in [7, 11) is -3.95. The lowest BCUT2D eigenvalue weighted by atomic mass is 11.7. The molecule has 0 rings (SSSR count). The van der Waals surface area contributed by atoms with Crippen molar-refractivity contribution in [2.45, 2.75) is 0 Å². The van der Waals surface area contributed by atoms with E-state index in [1.807, 2.05) is 0 Å². The van der Waals surface area contributed by atoms with Crippen molar-refractivity contribution < 1.29 is 13.2 Å². The predicted octanol–water partition coefficient (Wildman–Crippen LogP) is -0.690. The summed E-state index contributed by atoms with van der Waals surface area (Å²) in [5.74, 6) is 0. The van der Waals surface area contributed by atoms with Crippen LogP contribution < -0.4 is 4.24 Å². The zero-order chi connectivity index (χ0) is 6.62. The van der Waals surface area contributed by atoms with Gasteiger partial charge in [-0.1, -0.05) is 4.40 Å². The molecule has 0 bridgehead atoms. The van der Waals surface area contributed by atoms with Gasteiger partial charge >= 0.3 is 10.2 Å². The second kappa shape index (κ2) is 2.78. The Balaban J connectivity index is 4.41. The lowest BCUT2D eigenvalue weighted by Crippen LogP contribution is -2.08. The van der Waals surface area contributed by atoms with E-state index < -0.39 is 10.2 Å². The van der Waals surface area contributed by atoms with Gasteiger partial charge in [0.2, 0.25) is 0 Å². The van der Waals surface area contributed by atoms with Gasteiger partial charge in [-0.15, -0.1) is 4.24 Å². The largest absolute Gasteiger partial charge is 0.343 e. The van der Waals surface area contributed by atoms with Gasteiger partial charge in [-0.05, 0) is 11.8 Å². The Labute approximate surface area is 50.7 Å². The van der Waals surface area contributed by atoms with E-state index in [9.17, 15) is 13.2 Å². The maximum absolute atomic E-state index is 9.93. The molecule has 0 spiro atoms. The predicted molar refractivity (Wildman–Crippen MR) is 26.0 cm³/mol. The van der Waals surface area contributed by atoms with Gasteiger partial charge < -0.3 is 0 Å². The highest BCUT2D eigenvalue weighted by Gasteiger charge is 2.00. The lowest BCUT2D eigenvalue weighted by Gasteiger charge is -1.81. The fourth-order valence-corrected chi connectivity index (χ4v) is 0.302. The maximum Gasteiger partial charge on any atom is 0.343 e. The molecule has 0 aliphatic rings. The molecule has 0 aliphatic heterocycles. The van der Waals surface area contributed by atoms with Crippen LogP contribution >= 0.6 is 11.8 Å². The molecular formula is CHClN2O3S. The van der Waals surface area contributed by atoms with E-state index in [2.05, 4.69) is 16.2 Å². The average molecular weight is 157 g/mol. The van der Waals surface area contributed by atoms with E-state index in [0.29, 0.717) is 0 Å². The SMILES string of the molecule is O=C=NS(=O)(=O)NCl. The Hall–Kier alpha value is -0.420. The van der Waals surface area contributed by atoms with Gasteiger partial charge in [0.1, 0.15) is 0 Å². The van der Waals surface area contributed by atoms with Crippen LogP contribution in [0.5, 0.6) is 0 Å². The van der Waals surface area contributed by atoms with E-state index in [4.69, 9.17) is 0 Å². The zero-order valence-electron chi connectivity index (χ0n) is 3.46. The molecule has 5 nitrogen and oxygen atoms in total.